The highest BCUT2D eigenvalue weighted by Gasteiger charge is 2.13. The van der Waals surface area contributed by atoms with Crippen molar-refractivity contribution in [2.45, 2.75) is 32.7 Å². The fourth-order valence-electron chi connectivity index (χ4n) is 1.40. The van der Waals surface area contributed by atoms with E-state index in [0.717, 1.165) is 17.7 Å². The molecule has 1 amide bonds. The SMILES string of the molecule is CCCC(N)C(=O)Nc1cc(Cl)ccc1C. The Hall–Kier alpha value is -1.06. The molecule has 1 aromatic carbocycles. The second-order valence-electron chi connectivity index (χ2n) is 3.84. The molecule has 1 atom stereocenters. The first-order chi connectivity index (χ1) is 7.54. The van der Waals surface area contributed by atoms with Crippen molar-refractivity contribution in [1.82, 2.24) is 0 Å². The standard InChI is InChI=1S/C12H17ClN2O/c1-3-4-10(14)12(16)15-11-7-9(13)6-5-8(11)2/h5-7,10H,3-4,14H2,1-2H3,(H,15,16). The summed E-state index contributed by atoms with van der Waals surface area (Å²) in [5.41, 5.74) is 7.42. The van der Waals surface area contributed by atoms with Gasteiger partial charge in [0.05, 0.1) is 6.04 Å². The lowest BCUT2D eigenvalue weighted by molar-refractivity contribution is -0.117. The number of hydrogen-bond acceptors (Lipinski definition) is 2. The topological polar surface area (TPSA) is 55.1 Å². The van der Waals surface area contributed by atoms with E-state index in [1.165, 1.54) is 0 Å². The van der Waals surface area contributed by atoms with Crippen molar-refractivity contribution in [2.24, 2.45) is 5.73 Å². The number of rotatable bonds is 4. The zero-order valence-electron chi connectivity index (χ0n) is 9.59. The summed E-state index contributed by atoms with van der Waals surface area (Å²) in [7, 11) is 0. The Morgan fingerprint density at radius 1 is 1.56 bits per heavy atom. The molecule has 1 aromatic rings. The van der Waals surface area contributed by atoms with Crippen molar-refractivity contribution < 1.29 is 4.79 Å². The largest absolute Gasteiger partial charge is 0.324 e. The average Bonchev–Trinajstić information content (AvgIpc) is 2.23. The lowest BCUT2D eigenvalue weighted by Crippen LogP contribution is -2.35. The molecule has 4 heteroatoms. The van der Waals surface area contributed by atoms with E-state index < -0.39 is 6.04 Å². The Morgan fingerprint density at radius 3 is 2.88 bits per heavy atom. The summed E-state index contributed by atoms with van der Waals surface area (Å²) >= 11 is 5.86. The van der Waals surface area contributed by atoms with Crippen molar-refractivity contribution in [3.8, 4) is 0 Å². The van der Waals surface area contributed by atoms with Crippen LogP contribution in [0.5, 0.6) is 0 Å². The molecule has 0 saturated carbocycles. The van der Waals surface area contributed by atoms with Gasteiger partial charge in [0.2, 0.25) is 5.91 Å². The summed E-state index contributed by atoms with van der Waals surface area (Å²) in [6, 6.07) is 4.93. The second kappa shape index (κ2) is 5.87. The zero-order chi connectivity index (χ0) is 12.1. The molecule has 0 heterocycles. The van der Waals surface area contributed by atoms with E-state index in [-0.39, 0.29) is 5.91 Å². The van der Waals surface area contributed by atoms with Crippen LogP contribution in [0.1, 0.15) is 25.3 Å². The van der Waals surface area contributed by atoms with Gasteiger partial charge in [0.25, 0.3) is 0 Å². The number of hydrogen-bond donors (Lipinski definition) is 2. The van der Waals surface area contributed by atoms with E-state index in [9.17, 15) is 4.79 Å². The number of benzene rings is 1. The molecule has 1 unspecified atom stereocenters. The van der Waals surface area contributed by atoms with Crippen molar-refractivity contribution in [2.75, 3.05) is 5.32 Å². The molecule has 0 spiro atoms. The van der Waals surface area contributed by atoms with Crippen molar-refractivity contribution in [3.05, 3.63) is 28.8 Å². The number of nitrogens with one attached hydrogen (secondary N) is 1. The molecule has 0 saturated heterocycles. The van der Waals surface area contributed by atoms with Crippen LogP contribution in [0.2, 0.25) is 5.02 Å². The van der Waals surface area contributed by atoms with E-state index in [0.29, 0.717) is 11.4 Å². The molecule has 0 fully saturated rings. The van der Waals surface area contributed by atoms with Gasteiger partial charge in [0.15, 0.2) is 0 Å². The minimum Gasteiger partial charge on any atom is -0.324 e. The van der Waals surface area contributed by atoms with Gasteiger partial charge >= 0.3 is 0 Å². The molecule has 16 heavy (non-hydrogen) atoms. The minimum atomic E-state index is -0.455. The van der Waals surface area contributed by atoms with Crippen molar-refractivity contribution in [3.63, 3.8) is 0 Å². The molecular weight excluding hydrogens is 224 g/mol. The zero-order valence-corrected chi connectivity index (χ0v) is 10.3. The van der Waals surface area contributed by atoms with Crippen LogP contribution >= 0.6 is 11.6 Å². The predicted molar refractivity (Wildman–Crippen MR) is 67.7 cm³/mol. The quantitative estimate of drug-likeness (QED) is 0.850. The number of halogens is 1. The Morgan fingerprint density at radius 2 is 2.25 bits per heavy atom. The van der Waals surface area contributed by atoms with Gasteiger partial charge in [0.1, 0.15) is 0 Å². The van der Waals surface area contributed by atoms with Crippen molar-refractivity contribution in [1.29, 1.82) is 0 Å². The Kier molecular flexibility index (Phi) is 4.77. The maximum Gasteiger partial charge on any atom is 0.241 e. The first-order valence-corrected chi connectivity index (χ1v) is 5.75. The van der Waals surface area contributed by atoms with Gasteiger partial charge in [0, 0.05) is 10.7 Å². The number of aryl methyl sites for hydroxylation is 1. The van der Waals surface area contributed by atoms with E-state index in [1.54, 1.807) is 12.1 Å². The van der Waals surface area contributed by atoms with E-state index in [1.807, 2.05) is 19.9 Å². The third-order valence-corrected chi connectivity index (χ3v) is 2.63. The highest BCUT2D eigenvalue weighted by molar-refractivity contribution is 6.31. The summed E-state index contributed by atoms with van der Waals surface area (Å²) in [5, 5.41) is 3.39. The monoisotopic (exact) mass is 240 g/mol. The predicted octanol–water partition coefficient (Wildman–Crippen LogP) is 2.71. The van der Waals surface area contributed by atoms with Gasteiger partial charge in [-0.05, 0) is 31.0 Å². The number of carbonyl (C=O) groups is 1. The van der Waals surface area contributed by atoms with E-state index in [4.69, 9.17) is 17.3 Å². The Bertz CT molecular complexity index is 379. The van der Waals surface area contributed by atoms with Crippen molar-refractivity contribution >= 4 is 23.2 Å². The molecule has 0 aliphatic heterocycles. The maximum atomic E-state index is 11.7. The third kappa shape index (κ3) is 3.51. The van der Waals surface area contributed by atoms with Gasteiger partial charge in [-0.1, -0.05) is 31.0 Å². The van der Waals surface area contributed by atoms with Gasteiger partial charge in [-0.3, -0.25) is 4.79 Å². The average molecular weight is 241 g/mol. The van der Waals surface area contributed by atoms with Gasteiger partial charge in [-0.2, -0.15) is 0 Å². The van der Waals surface area contributed by atoms with E-state index >= 15 is 0 Å². The molecular formula is C12H17ClN2O. The van der Waals surface area contributed by atoms with Gasteiger partial charge in [-0.25, -0.2) is 0 Å². The normalized spacial score (nSPS) is 12.2. The van der Waals surface area contributed by atoms with Crippen LogP contribution in [-0.2, 0) is 4.79 Å². The molecule has 3 N–H and O–H groups in total. The van der Waals surface area contributed by atoms with Crippen LogP contribution in [0.15, 0.2) is 18.2 Å². The lowest BCUT2D eigenvalue weighted by Gasteiger charge is -2.13. The number of amides is 1. The van der Waals surface area contributed by atoms with Crippen LogP contribution in [0.3, 0.4) is 0 Å². The molecule has 1 rings (SSSR count). The summed E-state index contributed by atoms with van der Waals surface area (Å²) in [5.74, 6) is -0.160. The minimum absolute atomic E-state index is 0.160. The molecule has 0 aliphatic carbocycles. The smallest absolute Gasteiger partial charge is 0.241 e. The van der Waals surface area contributed by atoms with Crippen LogP contribution in [0.4, 0.5) is 5.69 Å². The third-order valence-electron chi connectivity index (χ3n) is 2.39. The molecule has 0 bridgehead atoms. The highest BCUT2D eigenvalue weighted by Crippen LogP contribution is 2.20. The summed E-state index contributed by atoms with van der Waals surface area (Å²) < 4.78 is 0. The second-order valence-corrected chi connectivity index (χ2v) is 4.28. The number of anilines is 1. The fourth-order valence-corrected chi connectivity index (χ4v) is 1.57. The van der Waals surface area contributed by atoms with Crippen LogP contribution < -0.4 is 11.1 Å². The van der Waals surface area contributed by atoms with Gasteiger partial charge in [-0.15, -0.1) is 0 Å². The fraction of sp³-hybridized carbons (Fsp3) is 0.417. The maximum absolute atomic E-state index is 11.7. The van der Waals surface area contributed by atoms with Crippen LogP contribution in [0, 0.1) is 6.92 Å². The number of carbonyl (C=O) groups excluding carboxylic acids is 1. The first kappa shape index (κ1) is 13.0. The van der Waals surface area contributed by atoms with Crippen LogP contribution in [0.25, 0.3) is 0 Å². The summed E-state index contributed by atoms with van der Waals surface area (Å²) in [6.07, 6.45) is 1.58. The Labute approximate surface area is 101 Å². The summed E-state index contributed by atoms with van der Waals surface area (Å²) in [6.45, 7) is 3.91. The molecule has 3 nitrogen and oxygen atoms in total. The van der Waals surface area contributed by atoms with Gasteiger partial charge < -0.3 is 11.1 Å². The first-order valence-electron chi connectivity index (χ1n) is 5.37. The van der Waals surface area contributed by atoms with Crippen LogP contribution in [-0.4, -0.2) is 11.9 Å². The highest BCUT2D eigenvalue weighted by atomic mass is 35.5. The molecule has 0 radical (unpaired) electrons. The molecule has 88 valence electrons. The molecule has 0 aromatic heterocycles. The number of nitrogens with two attached hydrogens (primary N) is 1. The lowest BCUT2D eigenvalue weighted by atomic mass is 10.1. The Balaban J connectivity index is 2.72. The summed E-state index contributed by atoms with van der Waals surface area (Å²) in [4.78, 5) is 11.7. The molecule has 0 aliphatic rings. The van der Waals surface area contributed by atoms with E-state index in [2.05, 4.69) is 5.32 Å².